The smallest absolute Gasteiger partial charge is 0.152 e. The molecule has 0 atom stereocenters. The number of nitrogens with one attached hydrogen (secondary N) is 1. The molecular formula is C11H14N4. The summed E-state index contributed by atoms with van der Waals surface area (Å²) in [6.07, 6.45) is 1.89. The minimum absolute atomic E-state index is 0.788. The first-order chi connectivity index (χ1) is 7.15. The van der Waals surface area contributed by atoms with E-state index in [1.54, 1.807) is 4.68 Å². The highest BCUT2D eigenvalue weighted by Crippen LogP contribution is 2.19. The lowest BCUT2D eigenvalue weighted by Crippen LogP contribution is -1.96. The van der Waals surface area contributed by atoms with Crippen LogP contribution in [0.5, 0.6) is 0 Å². The lowest BCUT2D eigenvalue weighted by Gasteiger charge is -2.05. The molecule has 2 rings (SSSR count). The number of nitrogens with two attached hydrogens (primary N) is 1. The minimum atomic E-state index is 0.788. The first kappa shape index (κ1) is 9.58. The number of nitrogen functional groups attached to an aromatic ring is 1. The number of aryl methyl sites for hydroxylation is 2. The van der Waals surface area contributed by atoms with Crippen LogP contribution in [0, 0.1) is 6.92 Å². The van der Waals surface area contributed by atoms with Gasteiger partial charge >= 0.3 is 0 Å². The molecule has 1 aromatic heterocycles. The van der Waals surface area contributed by atoms with Crippen molar-refractivity contribution < 1.29 is 0 Å². The van der Waals surface area contributed by atoms with E-state index in [-0.39, 0.29) is 0 Å². The summed E-state index contributed by atoms with van der Waals surface area (Å²) in [7, 11) is 1.88. The second kappa shape index (κ2) is 3.65. The third-order valence-corrected chi connectivity index (χ3v) is 2.27. The van der Waals surface area contributed by atoms with Gasteiger partial charge in [0.15, 0.2) is 5.82 Å². The van der Waals surface area contributed by atoms with Gasteiger partial charge in [0.05, 0.1) is 0 Å². The highest BCUT2D eigenvalue weighted by Gasteiger charge is 1.99. The van der Waals surface area contributed by atoms with Crippen LogP contribution in [-0.2, 0) is 7.05 Å². The average Bonchev–Trinajstić information content (AvgIpc) is 2.58. The molecule has 4 heteroatoms. The lowest BCUT2D eigenvalue weighted by molar-refractivity contribution is 0.771. The first-order valence-electron chi connectivity index (χ1n) is 4.78. The Morgan fingerprint density at radius 2 is 2.13 bits per heavy atom. The van der Waals surface area contributed by atoms with Crippen molar-refractivity contribution in [3.05, 3.63) is 36.0 Å². The second-order valence-electron chi connectivity index (χ2n) is 3.57. The highest BCUT2D eigenvalue weighted by molar-refractivity contribution is 5.63. The fourth-order valence-electron chi connectivity index (χ4n) is 1.35. The summed E-state index contributed by atoms with van der Waals surface area (Å²) < 4.78 is 1.75. The average molecular weight is 202 g/mol. The van der Waals surface area contributed by atoms with Gasteiger partial charge in [0.2, 0.25) is 0 Å². The van der Waals surface area contributed by atoms with Crippen LogP contribution in [-0.4, -0.2) is 9.78 Å². The summed E-state index contributed by atoms with van der Waals surface area (Å²) in [6.45, 7) is 1.99. The SMILES string of the molecule is Cc1ccc(Nc2ccn(C)n2)cc1N. The Morgan fingerprint density at radius 3 is 2.73 bits per heavy atom. The molecule has 15 heavy (non-hydrogen) atoms. The molecule has 4 nitrogen and oxygen atoms in total. The quantitative estimate of drug-likeness (QED) is 0.733. The number of nitrogens with zero attached hydrogens (tertiary/aromatic N) is 2. The Kier molecular flexibility index (Phi) is 2.33. The Hall–Kier alpha value is -1.97. The van der Waals surface area contributed by atoms with E-state index in [1.807, 2.05) is 44.4 Å². The molecule has 0 aliphatic rings. The Balaban J connectivity index is 2.21. The minimum Gasteiger partial charge on any atom is -0.398 e. The van der Waals surface area contributed by atoms with Gasteiger partial charge in [-0.3, -0.25) is 4.68 Å². The Bertz CT molecular complexity index is 473. The molecule has 78 valence electrons. The van der Waals surface area contributed by atoms with Gasteiger partial charge in [0.1, 0.15) is 0 Å². The van der Waals surface area contributed by atoms with Crippen molar-refractivity contribution in [3.63, 3.8) is 0 Å². The van der Waals surface area contributed by atoms with Gasteiger partial charge < -0.3 is 11.1 Å². The van der Waals surface area contributed by atoms with Crippen LogP contribution < -0.4 is 11.1 Å². The van der Waals surface area contributed by atoms with Gasteiger partial charge in [-0.25, -0.2) is 0 Å². The van der Waals surface area contributed by atoms with Gasteiger partial charge in [0.25, 0.3) is 0 Å². The van der Waals surface area contributed by atoms with Crippen LogP contribution in [0.2, 0.25) is 0 Å². The van der Waals surface area contributed by atoms with Crippen LogP contribution in [0.4, 0.5) is 17.2 Å². The van der Waals surface area contributed by atoms with E-state index in [4.69, 9.17) is 5.73 Å². The third-order valence-electron chi connectivity index (χ3n) is 2.27. The van der Waals surface area contributed by atoms with E-state index in [0.717, 1.165) is 22.8 Å². The first-order valence-corrected chi connectivity index (χ1v) is 4.78. The molecule has 0 unspecified atom stereocenters. The van der Waals surface area contributed by atoms with Crippen LogP contribution >= 0.6 is 0 Å². The predicted octanol–water partition coefficient (Wildman–Crippen LogP) is 2.05. The molecular weight excluding hydrogens is 188 g/mol. The van der Waals surface area contributed by atoms with Gasteiger partial charge in [-0.2, -0.15) is 5.10 Å². The molecule has 0 aliphatic heterocycles. The van der Waals surface area contributed by atoms with Crippen molar-refractivity contribution in [1.82, 2.24) is 9.78 Å². The number of benzene rings is 1. The molecule has 0 fully saturated rings. The Morgan fingerprint density at radius 1 is 1.33 bits per heavy atom. The van der Waals surface area contributed by atoms with Crippen molar-refractivity contribution >= 4 is 17.2 Å². The summed E-state index contributed by atoms with van der Waals surface area (Å²) in [4.78, 5) is 0. The zero-order chi connectivity index (χ0) is 10.8. The maximum atomic E-state index is 5.81. The molecule has 0 saturated heterocycles. The van der Waals surface area contributed by atoms with Crippen molar-refractivity contribution in [3.8, 4) is 0 Å². The molecule has 2 aromatic rings. The zero-order valence-electron chi connectivity index (χ0n) is 8.86. The van der Waals surface area contributed by atoms with Crippen molar-refractivity contribution in [2.45, 2.75) is 6.92 Å². The normalized spacial score (nSPS) is 10.3. The van der Waals surface area contributed by atoms with E-state index < -0.39 is 0 Å². The number of hydrogen-bond acceptors (Lipinski definition) is 3. The van der Waals surface area contributed by atoms with Gasteiger partial charge in [0, 0.05) is 30.7 Å². The van der Waals surface area contributed by atoms with Crippen LogP contribution in [0.1, 0.15) is 5.56 Å². The number of aromatic nitrogens is 2. The van der Waals surface area contributed by atoms with E-state index in [2.05, 4.69) is 10.4 Å². The molecule has 0 aliphatic carbocycles. The maximum absolute atomic E-state index is 5.81. The standard InChI is InChI=1S/C11H14N4/c1-8-3-4-9(7-10(8)12)13-11-5-6-15(2)14-11/h3-7H,12H2,1-2H3,(H,13,14). The van der Waals surface area contributed by atoms with E-state index in [1.165, 1.54) is 0 Å². The van der Waals surface area contributed by atoms with Gasteiger partial charge in [-0.1, -0.05) is 6.07 Å². The summed E-state index contributed by atoms with van der Waals surface area (Å²) in [5, 5.41) is 7.40. The second-order valence-corrected chi connectivity index (χ2v) is 3.57. The topological polar surface area (TPSA) is 55.9 Å². The van der Waals surface area contributed by atoms with Crippen LogP contribution in [0.15, 0.2) is 30.5 Å². The van der Waals surface area contributed by atoms with Gasteiger partial charge in [-0.05, 0) is 24.6 Å². The van der Waals surface area contributed by atoms with Crippen molar-refractivity contribution in [2.75, 3.05) is 11.1 Å². The van der Waals surface area contributed by atoms with Crippen LogP contribution in [0.3, 0.4) is 0 Å². The predicted molar refractivity (Wildman–Crippen MR) is 62.1 cm³/mol. The summed E-state index contributed by atoms with van der Waals surface area (Å²) in [6, 6.07) is 7.79. The summed E-state index contributed by atoms with van der Waals surface area (Å²) in [5.74, 6) is 0.820. The molecule has 3 N–H and O–H groups in total. The molecule has 0 amide bonds. The summed E-state index contributed by atoms with van der Waals surface area (Å²) >= 11 is 0. The van der Waals surface area contributed by atoms with Crippen molar-refractivity contribution in [2.24, 2.45) is 7.05 Å². The monoisotopic (exact) mass is 202 g/mol. The third kappa shape index (κ3) is 2.10. The Labute approximate surface area is 88.7 Å². The number of rotatable bonds is 2. The van der Waals surface area contributed by atoms with Crippen LogP contribution in [0.25, 0.3) is 0 Å². The molecule has 0 bridgehead atoms. The lowest BCUT2D eigenvalue weighted by atomic mass is 10.2. The largest absolute Gasteiger partial charge is 0.398 e. The number of hydrogen-bond donors (Lipinski definition) is 2. The van der Waals surface area contributed by atoms with E-state index >= 15 is 0 Å². The van der Waals surface area contributed by atoms with Gasteiger partial charge in [-0.15, -0.1) is 0 Å². The number of anilines is 3. The molecule has 0 radical (unpaired) electrons. The van der Waals surface area contributed by atoms with E-state index in [9.17, 15) is 0 Å². The molecule has 1 aromatic carbocycles. The molecule has 0 saturated carbocycles. The van der Waals surface area contributed by atoms with Crippen molar-refractivity contribution in [1.29, 1.82) is 0 Å². The molecule has 1 heterocycles. The maximum Gasteiger partial charge on any atom is 0.152 e. The summed E-state index contributed by atoms with van der Waals surface area (Å²) in [5.41, 5.74) is 8.64. The fourth-order valence-corrected chi connectivity index (χ4v) is 1.35. The highest BCUT2D eigenvalue weighted by atomic mass is 15.3. The zero-order valence-corrected chi connectivity index (χ0v) is 8.86. The molecule has 0 spiro atoms. The van der Waals surface area contributed by atoms with E-state index in [0.29, 0.717) is 0 Å². The fraction of sp³-hybridized carbons (Fsp3) is 0.182.